The summed E-state index contributed by atoms with van der Waals surface area (Å²) in [5.41, 5.74) is 0.668. The van der Waals surface area contributed by atoms with Gasteiger partial charge in [0.15, 0.2) is 17.3 Å². The summed E-state index contributed by atoms with van der Waals surface area (Å²) < 4.78 is 56.1. The predicted octanol–water partition coefficient (Wildman–Crippen LogP) is 4.41. The smallest absolute Gasteiger partial charge is 0.437 e. The minimum atomic E-state index is -4.90. The van der Waals surface area contributed by atoms with Crippen LogP contribution in [0.2, 0.25) is 0 Å². The molecular weight excluding hydrogens is 558 g/mol. The van der Waals surface area contributed by atoms with Crippen molar-refractivity contribution < 1.29 is 37.4 Å². The Morgan fingerprint density at radius 2 is 1.88 bits per heavy atom. The molecule has 3 aromatic rings. The quantitative estimate of drug-likeness (QED) is 0.347. The molecule has 6 rings (SSSR count). The van der Waals surface area contributed by atoms with Crippen LogP contribution in [-0.4, -0.2) is 66.2 Å². The van der Waals surface area contributed by atoms with Gasteiger partial charge in [-0.15, -0.1) is 0 Å². The summed E-state index contributed by atoms with van der Waals surface area (Å²) in [7, 11) is 0. The summed E-state index contributed by atoms with van der Waals surface area (Å²) in [6.45, 7) is 3.91. The van der Waals surface area contributed by atoms with E-state index in [9.17, 15) is 33.0 Å². The molecule has 2 aromatic heterocycles. The lowest BCUT2D eigenvalue weighted by molar-refractivity contribution is -0.142. The van der Waals surface area contributed by atoms with Crippen LogP contribution in [-0.2, 0) is 23.8 Å². The second-order valence-electron chi connectivity index (χ2n) is 10.8. The molecule has 2 aliphatic heterocycles. The highest BCUT2D eigenvalue weighted by Crippen LogP contribution is 2.43. The van der Waals surface area contributed by atoms with Gasteiger partial charge in [0, 0.05) is 44.2 Å². The number of nitrogens with zero attached hydrogens (tertiary/aromatic N) is 5. The number of amides is 2. The molecule has 0 saturated heterocycles. The molecule has 0 radical (unpaired) electrons. The van der Waals surface area contributed by atoms with Crippen molar-refractivity contribution in [2.45, 2.75) is 50.2 Å². The van der Waals surface area contributed by atoms with E-state index in [0.717, 1.165) is 37.6 Å². The summed E-state index contributed by atoms with van der Waals surface area (Å²) in [5.74, 6) is -3.36. The fraction of sp³-hybridized carbons (Fsp3) is 0.379. The summed E-state index contributed by atoms with van der Waals surface area (Å²) in [4.78, 5) is 32.5. The number of pyridine rings is 1. The van der Waals surface area contributed by atoms with Crippen molar-refractivity contribution in [2.24, 2.45) is 0 Å². The van der Waals surface area contributed by atoms with Gasteiger partial charge in [0.2, 0.25) is 5.91 Å². The number of phenolic OH excluding ortho intramolecular Hbond substituents is 1. The van der Waals surface area contributed by atoms with Crippen molar-refractivity contribution in [3.05, 3.63) is 76.6 Å². The fourth-order valence-electron chi connectivity index (χ4n) is 6.10. The van der Waals surface area contributed by atoms with Gasteiger partial charge in [-0.1, -0.05) is 19.1 Å². The van der Waals surface area contributed by atoms with E-state index in [-0.39, 0.29) is 49.1 Å². The monoisotopic (exact) mass is 585 g/mol. The van der Waals surface area contributed by atoms with Crippen LogP contribution in [0.4, 0.5) is 17.6 Å². The number of aromatic nitrogens is 3. The molecule has 42 heavy (non-hydrogen) atoms. The first-order valence-electron chi connectivity index (χ1n) is 13.6. The van der Waals surface area contributed by atoms with Gasteiger partial charge >= 0.3 is 6.18 Å². The lowest BCUT2D eigenvalue weighted by atomic mass is 9.79. The van der Waals surface area contributed by atoms with Crippen LogP contribution in [0.3, 0.4) is 0 Å². The maximum absolute atomic E-state index is 15.3. The molecule has 1 saturated carbocycles. The normalized spacial score (nSPS) is 18.7. The highest BCUT2D eigenvalue weighted by Gasteiger charge is 2.41. The zero-order chi connectivity index (χ0) is 29.9. The van der Waals surface area contributed by atoms with Crippen LogP contribution in [0, 0.1) is 5.82 Å². The van der Waals surface area contributed by atoms with E-state index in [0.29, 0.717) is 28.9 Å². The number of halogens is 4. The molecule has 1 aromatic carbocycles. The number of alkyl halides is 3. The number of hydrogen-bond donors (Lipinski definition) is 2. The van der Waals surface area contributed by atoms with E-state index < -0.39 is 41.1 Å². The number of carbonyl (C=O) groups excluding carboxylic acids is 2. The summed E-state index contributed by atoms with van der Waals surface area (Å²) in [5, 5.41) is 25.6. The average Bonchev–Trinajstić information content (AvgIpc) is 3.18. The number of phenols is 1. The van der Waals surface area contributed by atoms with Gasteiger partial charge in [0.05, 0.1) is 23.0 Å². The summed E-state index contributed by atoms with van der Waals surface area (Å²) >= 11 is 0. The third-order valence-corrected chi connectivity index (χ3v) is 8.44. The second kappa shape index (κ2) is 10.1. The number of carbonyl (C=O) groups is 2. The Labute approximate surface area is 237 Å². The van der Waals surface area contributed by atoms with Crippen LogP contribution >= 0.6 is 0 Å². The van der Waals surface area contributed by atoms with Crippen LogP contribution < -0.4 is 0 Å². The van der Waals surface area contributed by atoms with Crippen LogP contribution in [0.1, 0.15) is 69.8 Å². The summed E-state index contributed by atoms with van der Waals surface area (Å²) in [6.07, 6.45) is 0.268. The molecule has 4 heterocycles. The largest absolute Gasteiger partial charge is 0.506 e. The maximum Gasteiger partial charge on any atom is 0.437 e. The van der Waals surface area contributed by atoms with Gasteiger partial charge in [0.25, 0.3) is 5.91 Å². The molecule has 3 aliphatic rings. The van der Waals surface area contributed by atoms with Crippen LogP contribution in [0.25, 0.3) is 5.69 Å². The van der Waals surface area contributed by atoms with Gasteiger partial charge < -0.3 is 20.0 Å². The molecule has 1 aliphatic carbocycles. The molecule has 9 nitrogen and oxygen atoms in total. The number of aromatic hydroxyl groups is 2. The highest BCUT2D eigenvalue weighted by atomic mass is 19.4. The Balaban J connectivity index is 1.41. The second-order valence-corrected chi connectivity index (χ2v) is 10.8. The Morgan fingerprint density at radius 3 is 2.52 bits per heavy atom. The lowest BCUT2D eigenvalue weighted by Gasteiger charge is -2.38. The van der Waals surface area contributed by atoms with Gasteiger partial charge in [-0.25, -0.2) is 14.1 Å². The Hall–Kier alpha value is -4.42. The third kappa shape index (κ3) is 4.47. The molecular formula is C29H27F4N5O4. The minimum absolute atomic E-state index is 0.0449. The molecule has 2 amide bonds. The van der Waals surface area contributed by atoms with Gasteiger partial charge in [0.1, 0.15) is 11.4 Å². The standard InChI is InChI=1S/C29H27F4N5O4/c1-2-23(40)36-10-8-18-24-19(38(35-18)20-7-6-17(15-4-3-5-15)25(30)26(20)41)9-11-37(21(24)14-36)28(42)16-12-22(39)27(34-13-16)29(31,32)33/h2,6-7,12-13,15,21,39,41H,1,3-5,8-11,14H2/t21-/m0/s1. The highest BCUT2D eigenvalue weighted by molar-refractivity contribution is 5.95. The SMILES string of the molecule is C=CC(=O)N1CCc2nn(-c3ccc(C4CCC4)c(F)c3O)c3c2[C@H](C1)N(C(=O)c1cnc(C(F)(F)F)c(O)c1)CC3. The van der Waals surface area contributed by atoms with Crippen molar-refractivity contribution in [1.82, 2.24) is 24.6 Å². The average molecular weight is 586 g/mol. The van der Waals surface area contributed by atoms with Crippen molar-refractivity contribution in [1.29, 1.82) is 0 Å². The van der Waals surface area contributed by atoms with Crippen LogP contribution in [0.15, 0.2) is 37.1 Å². The first kappa shape index (κ1) is 27.7. The van der Waals surface area contributed by atoms with E-state index in [1.54, 1.807) is 12.1 Å². The molecule has 1 fully saturated rings. The summed E-state index contributed by atoms with van der Waals surface area (Å²) in [6, 6.07) is 3.26. The molecule has 0 unspecified atom stereocenters. The van der Waals surface area contributed by atoms with Crippen molar-refractivity contribution in [3.8, 4) is 17.2 Å². The van der Waals surface area contributed by atoms with E-state index in [4.69, 9.17) is 5.10 Å². The lowest BCUT2D eigenvalue weighted by Crippen LogP contribution is -2.45. The Bertz CT molecular complexity index is 1610. The molecule has 0 bridgehead atoms. The molecule has 2 N–H and O–H groups in total. The minimum Gasteiger partial charge on any atom is -0.506 e. The Kier molecular flexibility index (Phi) is 6.70. The van der Waals surface area contributed by atoms with Crippen molar-refractivity contribution in [2.75, 3.05) is 19.6 Å². The zero-order valence-corrected chi connectivity index (χ0v) is 22.4. The molecule has 13 heteroatoms. The maximum atomic E-state index is 15.3. The topological polar surface area (TPSA) is 112 Å². The van der Waals surface area contributed by atoms with Crippen LogP contribution in [0.5, 0.6) is 11.5 Å². The van der Waals surface area contributed by atoms with Crippen molar-refractivity contribution >= 4 is 11.8 Å². The van der Waals surface area contributed by atoms with E-state index >= 15 is 4.39 Å². The number of hydrogen-bond acceptors (Lipinski definition) is 6. The van der Waals surface area contributed by atoms with Crippen molar-refractivity contribution in [3.63, 3.8) is 0 Å². The van der Waals surface area contributed by atoms with E-state index in [2.05, 4.69) is 11.6 Å². The van der Waals surface area contributed by atoms with E-state index in [1.165, 1.54) is 14.5 Å². The molecule has 1 atom stereocenters. The Morgan fingerprint density at radius 1 is 1.12 bits per heavy atom. The van der Waals surface area contributed by atoms with Gasteiger partial charge in [-0.2, -0.15) is 18.3 Å². The predicted molar refractivity (Wildman–Crippen MR) is 141 cm³/mol. The fourth-order valence-corrected chi connectivity index (χ4v) is 6.10. The third-order valence-electron chi connectivity index (χ3n) is 8.44. The van der Waals surface area contributed by atoms with Gasteiger partial charge in [-0.3, -0.25) is 9.59 Å². The number of benzene rings is 1. The first-order chi connectivity index (χ1) is 20.0. The first-order valence-corrected chi connectivity index (χ1v) is 13.6. The zero-order valence-electron chi connectivity index (χ0n) is 22.4. The van der Waals surface area contributed by atoms with E-state index in [1.807, 2.05) is 0 Å². The van der Waals surface area contributed by atoms with Gasteiger partial charge in [-0.05, 0) is 42.5 Å². The number of rotatable bonds is 4. The molecule has 220 valence electrons. The molecule has 0 spiro atoms.